The van der Waals surface area contributed by atoms with E-state index >= 15 is 0 Å². The molecule has 7 heteroatoms. The third-order valence-corrected chi connectivity index (χ3v) is 2.36. The van der Waals surface area contributed by atoms with E-state index in [0.717, 1.165) is 19.3 Å². The van der Waals surface area contributed by atoms with Crippen LogP contribution in [0.1, 0.15) is 19.3 Å². The van der Waals surface area contributed by atoms with Gasteiger partial charge in [0, 0.05) is 25.4 Å². The summed E-state index contributed by atoms with van der Waals surface area (Å²) in [7, 11) is 0. The molecular formula is C10H14ClN3O3. The summed E-state index contributed by atoms with van der Waals surface area (Å²) in [5.41, 5.74) is -0.125. The number of nitro groups is 1. The highest BCUT2D eigenvalue weighted by Gasteiger charge is 2.15. The standard InChI is InChI=1S/C10H14ClN3O3/c11-8-6-9(14(16)17)10(13-7-8)12-4-2-1-3-5-15/h6-7,15H,1-5H2,(H,12,13). The number of nitrogens with zero attached hydrogens (tertiary/aromatic N) is 2. The summed E-state index contributed by atoms with van der Waals surface area (Å²) in [4.78, 5) is 14.1. The van der Waals surface area contributed by atoms with Gasteiger partial charge < -0.3 is 10.4 Å². The Bertz CT molecular complexity index is 387. The molecule has 0 spiro atoms. The molecule has 0 aliphatic carbocycles. The van der Waals surface area contributed by atoms with Gasteiger partial charge in [-0.25, -0.2) is 4.98 Å². The van der Waals surface area contributed by atoms with Crippen molar-refractivity contribution in [2.45, 2.75) is 19.3 Å². The Hall–Kier alpha value is -1.40. The highest BCUT2D eigenvalue weighted by atomic mass is 35.5. The number of halogens is 1. The first-order valence-electron chi connectivity index (χ1n) is 5.30. The van der Waals surface area contributed by atoms with Crippen LogP contribution in [0.15, 0.2) is 12.3 Å². The lowest BCUT2D eigenvalue weighted by atomic mass is 10.2. The Labute approximate surface area is 104 Å². The molecule has 0 unspecified atom stereocenters. The zero-order valence-corrected chi connectivity index (χ0v) is 9.98. The van der Waals surface area contributed by atoms with Crippen LogP contribution in [0.3, 0.4) is 0 Å². The minimum absolute atomic E-state index is 0.125. The number of rotatable bonds is 7. The number of aliphatic hydroxyl groups is 1. The molecule has 1 rings (SSSR count). The molecule has 0 fully saturated rings. The molecule has 0 aromatic carbocycles. The molecule has 2 N–H and O–H groups in total. The van der Waals surface area contributed by atoms with Crippen LogP contribution in [0.5, 0.6) is 0 Å². The fourth-order valence-electron chi connectivity index (χ4n) is 1.32. The minimum atomic E-state index is -0.519. The van der Waals surface area contributed by atoms with Crippen LogP contribution >= 0.6 is 11.6 Å². The summed E-state index contributed by atoms with van der Waals surface area (Å²) in [6, 6.07) is 1.27. The van der Waals surface area contributed by atoms with Crippen LogP contribution in [0.25, 0.3) is 0 Å². The van der Waals surface area contributed by atoms with Gasteiger partial charge >= 0.3 is 5.69 Å². The van der Waals surface area contributed by atoms with Crippen LogP contribution in [0.4, 0.5) is 11.5 Å². The molecule has 94 valence electrons. The number of unbranched alkanes of at least 4 members (excludes halogenated alkanes) is 2. The summed E-state index contributed by atoms with van der Waals surface area (Å²) < 4.78 is 0. The van der Waals surface area contributed by atoms with Crippen LogP contribution in [-0.4, -0.2) is 28.2 Å². The molecule has 0 radical (unpaired) electrons. The van der Waals surface area contributed by atoms with Gasteiger partial charge in [-0.2, -0.15) is 0 Å². The fourth-order valence-corrected chi connectivity index (χ4v) is 1.48. The second kappa shape index (κ2) is 7.03. The SMILES string of the molecule is O=[N+]([O-])c1cc(Cl)cnc1NCCCCCO. The number of anilines is 1. The van der Waals surface area contributed by atoms with Gasteiger partial charge in [0.15, 0.2) is 0 Å². The van der Waals surface area contributed by atoms with Crippen LogP contribution < -0.4 is 5.32 Å². The van der Waals surface area contributed by atoms with Crippen molar-refractivity contribution in [1.82, 2.24) is 4.98 Å². The van der Waals surface area contributed by atoms with Gasteiger partial charge in [0.25, 0.3) is 0 Å². The minimum Gasteiger partial charge on any atom is -0.396 e. The number of hydrogen-bond acceptors (Lipinski definition) is 5. The maximum absolute atomic E-state index is 10.7. The lowest BCUT2D eigenvalue weighted by Gasteiger charge is -2.05. The van der Waals surface area contributed by atoms with Gasteiger partial charge in [0.2, 0.25) is 5.82 Å². The monoisotopic (exact) mass is 259 g/mol. The van der Waals surface area contributed by atoms with Crippen molar-refractivity contribution < 1.29 is 10.0 Å². The third kappa shape index (κ3) is 4.54. The fraction of sp³-hybridized carbons (Fsp3) is 0.500. The maximum Gasteiger partial charge on any atom is 0.312 e. The molecule has 0 saturated heterocycles. The third-order valence-electron chi connectivity index (χ3n) is 2.16. The van der Waals surface area contributed by atoms with Gasteiger partial charge in [-0.15, -0.1) is 0 Å². The normalized spacial score (nSPS) is 10.2. The van der Waals surface area contributed by atoms with E-state index in [0.29, 0.717) is 6.54 Å². The first-order chi connectivity index (χ1) is 8.15. The lowest BCUT2D eigenvalue weighted by molar-refractivity contribution is -0.384. The average Bonchev–Trinajstić information content (AvgIpc) is 2.30. The maximum atomic E-state index is 10.7. The van der Waals surface area contributed by atoms with Gasteiger partial charge in [0.1, 0.15) is 0 Å². The number of hydrogen-bond donors (Lipinski definition) is 2. The predicted octanol–water partition coefficient (Wildman–Crippen LogP) is 2.22. The molecule has 0 bridgehead atoms. The molecule has 0 saturated carbocycles. The summed E-state index contributed by atoms with van der Waals surface area (Å²) in [6.45, 7) is 0.745. The van der Waals surface area contributed by atoms with E-state index in [2.05, 4.69) is 10.3 Å². The molecule has 0 aliphatic heterocycles. The zero-order chi connectivity index (χ0) is 12.7. The van der Waals surface area contributed by atoms with E-state index in [4.69, 9.17) is 16.7 Å². The van der Waals surface area contributed by atoms with Gasteiger partial charge in [-0.3, -0.25) is 10.1 Å². The Morgan fingerprint density at radius 3 is 2.88 bits per heavy atom. The molecule has 0 atom stereocenters. The smallest absolute Gasteiger partial charge is 0.312 e. The van der Waals surface area contributed by atoms with E-state index in [1.54, 1.807) is 0 Å². The largest absolute Gasteiger partial charge is 0.396 e. The second-order valence-electron chi connectivity index (χ2n) is 3.49. The predicted molar refractivity (Wildman–Crippen MR) is 65.3 cm³/mol. The first-order valence-corrected chi connectivity index (χ1v) is 5.67. The summed E-state index contributed by atoms with van der Waals surface area (Å²) in [5.74, 6) is 0.225. The molecule has 6 nitrogen and oxygen atoms in total. The highest BCUT2D eigenvalue weighted by Crippen LogP contribution is 2.24. The van der Waals surface area contributed by atoms with Gasteiger partial charge in [0.05, 0.1) is 9.95 Å². The molecule has 0 aliphatic rings. The summed E-state index contributed by atoms with van der Waals surface area (Å²) in [6.07, 6.45) is 3.79. The summed E-state index contributed by atoms with van der Waals surface area (Å²) in [5, 5.41) is 22.5. The van der Waals surface area contributed by atoms with E-state index in [1.807, 2.05) is 0 Å². The van der Waals surface area contributed by atoms with Crippen LogP contribution in [0, 0.1) is 10.1 Å². The van der Waals surface area contributed by atoms with E-state index in [-0.39, 0.29) is 23.1 Å². The van der Waals surface area contributed by atoms with Crippen molar-refractivity contribution in [1.29, 1.82) is 0 Å². The van der Waals surface area contributed by atoms with Crippen molar-refractivity contribution in [3.8, 4) is 0 Å². The zero-order valence-electron chi connectivity index (χ0n) is 9.23. The van der Waals surface area contributed by atoms with E-state index in [9.17, 15) is 10.1 Å². The van der Waals surface area contributed by atoms with Crippen molar-refractivity contribution in [2.24, 2.45) is 0 Å². The van der Waals surface area contributed by atoms with Crippen molar-refractivity contribution in [3.05, 3.63) is 27.4 Å². The van der Waals surface area contributed by atoms with Crippen LogP contribution in [-0.2, 0) is 0 Å². The van der Waals surface area contributed by atoms with Crippen LogP contribution in [0.2, 0.25) is 5.02 Å². The summed E-state index contributed by atoms with van der Waals surface area (Å²) >= 11 is 5.64. The van der Waals surface area contributed by atoms with E-state index < -0.39 is 4.92 Å². The van der Waals surface area contributed by atoms with Crippen molar-refractivity contribution in [3.63, 3.8) is 0 Å². The number of pyridine rings is 1. The first kappa shape index (κ1) is 13.7. The van der Waals surface area contributed by atoms with Crippen molar-refractivity contribution in [2.75, 3.05) is 18.5 Å². The average molecular weight is 260 g/mol. The molecular weight excluding hydrogens is 246 g/mol. The van der Waals surface area contributed by atoms with Gasteiger partial charge in [-0.1, -0.05) is 11.6 Å². The Balaban J connectivity index is 2.55. The highest BCUT2D eigenvalue weighted by molar-refractivity contribution is 6.30. The molecule has 17 heavy (non-hydrogen) atoms. The Kier molecular flexibility index (Phi) is 5.65. The van der Waals surface area contributed by atoms with E-state index in [1.165, 1.54) is 12.3 Å². The number of aromatic nitrogens is 1. The molecule has 1 heterocycles. The Morgan fingerprint density at radius 2 is 2.24 bits per heavy atom. The molecule has 0 amide bonds. The number of nitrogens with one attached hydrogen (secondary N) is 1. The topological polar surface area (TPSA) is 88.3 Å². The number of aliphatic hydroxyl groups excluding tert-OH is 1. The lowest BCUT2D eigenvalue weighted by Crippen LogP contribution is -2.06. The molecule has 1 aromatic rings. The second-order valence-corrected chi connectivity index (χ2v) is 3.93. The van der Waals surface area contributed by atoms with Gasteiger partial charge in [-0.05, 0) is 19.3 Å². The quantitative estimate of drug-likeness (QED) is 0.445. The Morgan fingerprint density at radius 1 is 1.47 bits per heavy atom. The molecule has 1 aromatic heterocycles. The van der Waals surface area contributed by atoms with Crippen molar-refractivity contribution >= 4 is 23.1 Å².